The summed E-state index contributed by atoms with van der Waals surface area (Å²) in [6.45, 7) is 8.45. The molecule has 1 amide bonds. The number of nitrogens with zero attached hydrogens (tertiary/aromatic N) is 1. The molecule has 100 valence electrons. The predicted octanol–water partition coefficient (Wildman–Crippen LogP) is 0.953. The van der Waals surface area contributed by atoms with E-state index in [1.54, 1.807) is 0 Å². The van der Waals surface area contributed by atoms with Gasteiger partial charge in [0, 0.05) is 13.1 Å². The molecule has 1 fully saturated rings. The fourth-order valence-electron chi connectivity index (χ4n) is 1.93. The molecule has 1 saturated heterocycles. The minimum atomic E-state index is -0.991. The van der Waals surface area contributed by atoms with Crippen LogP contribution < -0.4 is 5.73 Å². The minimum absolute atomic E-state index is 0.103. The highest BCUT2D eigenvalue weighted by Gasteiger charge is 2.40. The van der Waals surface area contributed by atoms with Gasteiger partial charge < -0.3 is 20.5 Å². The van der Waals surface area contributed by atoms with Gasteiger partial charge in [-0.15, -0.1) is 0 Å². The Morgan fingerprint density at radius 3 is 2.65 bits per heavy atom. The van der Waals surface area contributed by atoms with Gasteiger partial charge in [-0.05, 0) is 33.1 Å². The molecule has 5 nitrogen and oxygen atoms in total. The minimum Gasteiger partial charge on any atom is -0.444 e. The second kappa shape index (κ2) is 4.82. The number of ether oxygens (including phenoxy) is 1. The molecule has 0 aromatic rings. The maximum absolute atomic E-state index is 11.9. The van der Waals surface area contributed by atoms with Crippen molar-refractivity contribution in [3.05, 3.63) is 0 Å². The summed E-state index contributed by atoms with van der Waals surface area (Å²) in [5.74, 6) is 0.103. The lowest BCUT2D eigenvalue weighted by molar-refractivity contribution is -0.0683. The van der Waals surface area contributed by atoms with Gasteiger partial charge in [-0.1, -0.05) is 6.92 Å². The largest absolute Gasteiger partial charge is 0.444 e. The Kier molecular flexibility index (Phi) is 4.04. The molecule has 0 aromatic heterocycles. The number of rotatable bonds is 1. The van der Waals surface area contributed by atoms with E-state index in [4.69, 9.17) is 10.5 Å². The molecule has 0 aliphatic carbocycles. The maximum atomic E-state index is 11.9. The van der Waals surface area contributed by atoms with Crippen LogP contribution in [0.15, 0.2) is 0 Å². The molecular formula is C12H24N2O3. The summed E-state index contributed by atoms with van der Waals surface area (Å²) in [4.78, 5) is 13.4. The van der Waals surface area contributed by atoms with Crippen LogP contribution in [-0.4, -0.2) is 46.9 Å². The highest BCUT2D eigenvalue weighted by atomic mass is 16.6. The Hall–Kier alpha value is -0.810. The molecule has 2 unspecified atom stereocenters. The van der Waals surface area contributed by atoms with E-state index in [-0.39, 0.29) is 25.1 Å². The van der Waals surface area contributed by atoms with E-state index in [2.05, 4.69) is 0 Å². The van der Waals surface area contributed by atoms with Crippen LogP contribution >= 0.6 is 0 Å². The van der Waals surface area contributed by atoms with Crippen LogP contribution in [0.25, 0.3) is 0 Å². The first kappa shape index (κ1) is 14.3. The highest BCUT2D eigenvalue weighted by molar-refractivity contribution is 5.68. The van der Waals surface area contributed by atoms with Crippen molar-refractivity contribution in [2.75, 3.05) is 19.6 Å². The molecular weight excluding hydrogens is 220 g/mol. The van der Waals surface area contributed by atoms with Crippen molar-refractivity contribution in [1.29, 1.82) is 0 Å². The lowest BCUT2D eigenvalue weighted by atomic mass is 9.83. The first-order chi connectivity index (χ1) is 7.68. The van der Waals surface area contributed by atoms with Gasteiger partial charge in [0.1, 0.15) is 5.60 Å². The summed E-state index contributed by atoms with van der Waals surface area (Å²) < 4.78 is 5.29. The molecule has 1 rings (SSSR count). The predicted molar refractivity (Wildman–Crippen MR) is 65.6 cm³/mol. The summed E-state index contributed by atoms with van der Waals surface area (Å²) in [5.41, 5.74) is 4.08. The monoisotopic (exact) mass is 244 g/mol. The Labute approximate surface area is 103 Å². The normalized spacial score (nSPS) is 30.2. The Morgan fingerprint density at radius 2 is 2.18 bits per heavy atom. The van der Waals surface area contributed by atoms with Crippen molar-refractivity contribution in [2.24, 2.45) is 11.7 Å². The molecule has 1 aliphatic heterocycles. The molecule has 2 atom stereocenters. The third-order valence-electron chi connectivity index (χ3n) is 3.22. The van der Waals surface area contributed by atoms with Crippen molar-refractivity contribution in [1.82, 2.24) is 4.90 Å². The van der Waals surface area contributed by atoms with Crippen LogP contribution in [0.1, 0.15) is 34.1 Å². The lowest BCUT2D eigenvalue weighted by Gasteiger charge is -2.43. The smallest absolute Gasteiger partial charge is 0.410 e. The van der Waals surface area contributed by atoms with Crippen molar-refractivity contribution in [3.8, 4) is 0 Å². The van der Waals surface area contributed by atoms with E-state index in [1.807, 2.05) is 27.7 Å². The molecule has 1 heterocycles. The van der Waals surface area contributed by atoms with Crippen molar-refractivity contribution >= 4 is 6.09 Å². The average Bonchev–Trinajstić information content (AvgIpc) is 2.19. The lowest BCUT2D eigenvalue weighted by Crippen LogP contribution is -2.58. The van der Waals surface area contributed by atoms with Gasteiger partial charge in [-0.3, -0.25) is 0 Å². The molecule has 0 spiro atoms. The summed E-state index contributed by atoms with van der Waals surface area (Å²) >= 11 is 0. The molecule has 3 N–H and O–H groups in total. The van der Waals surface area contributed by atoms with Gasteiger partial charge >= 0.3 is 6.09 Å². The molecule has 0 radical (unpaired) electrons. The van der Waals surface area contributed by atoms with E-state index in [0.717, 1.165) is 6.42 Å². The second-order valence-electron chi connectivity index (χ2n) is 5.90. The molecule has 1 aliphatic rings. The number of hydrogen-bond acceptors (Lipinski definition) is 4. The standard InChI is InChI=1S/C12H24N2O3/c1-9-5-6-14(8-12(9,16)7-13)10(15)17-11(2,3)4/h9,16H,5-8,13H2,1-4H3. The van der Waals surface area contributed by atoms with Crippen molar-refractivity contribution in [2.45, 2.75) is 45.3 Å². The van der Waals surface area contributed by atoms with Crippen LogP contribution in [-0.2, 0) is 4.74 Å². The van der Waals surface area contributed by atoms with Crippen molar-refractivity contribution < 1.29 is 14.6 Å². The molecule has 0 bridgehead atoms. The van der Waals surface area contributed by atoms with Gasteiger partial charge in [0.15, 0.2) is 0 Å². The zero-order valence-corrected chi connectivity index (χ0v) is 11.2. The number of amides is 1. The van der Waals surface area contributed by atoms with Crippen LogP contribution in [0.3, 0.4) is 0 Å². The van der Waals surface area contributed by atoms with Crippen molar-refractivity contribution in [3.63, 3.8) is 0 Å². The molecule has 0 saturated carbocycles. The summed E-state index contributed by atoms with van der Waals surface area (Å²) in [6.07, 6.45) is 0.365. The zero-order chi connectivity index (χ0) is 13.3. The molecule has 0 aromatic carbocycles. The fraction of sp³-hybridized carbons (Fsp3) is 0.917. The molecule has 5 heteroatoms. The number of β-amino-alcohol motifs (C(OH)–C–C–N with tert-alkyl or cyclic N) is 1. The van der Waals surface area contributed by atoms with Gasteiger partial charge in [0.05, 0.1) is 12.1 Å². The first-order valence-electron chi connectivity index (χ1n) is 6.08. The van der Waals surface area contributed by atoms with E-state index in [1.165, 1.54) is 4.90 Å². The van der Waals surface area contributed by atoms with Crippen LogP contribution in [0.5, 0.6) is 0 Å². The third kappa shape index (κ3) is 3.57. The van der Waals surface area contributed by atoms with Crippen LogP contribution in [0, 0.1) is 5.92 Å². The van der Waals surface area contributed by atoms with E-state index in [0.29, 0.717) is 6.54 Å². The number of hydrogen-bond donors (Lipinski definition) is 2. The van der Waals surface area contributed by atoms with Gasteiger partial charge in [0.25, 0.3) is 0 Å². The number of likely N-dealkylation sites (tertiary alicyclic amines) is 1. The third-order valence-corrected chi connectivity index (χ3v) is 3.22. The number of piperidine rings is 1. The summed E-state index contributed by atoms with van der Waals surface area (Å²) in [5, 5.41) is 10.3. The molecule has 17 heavy (non-hydrogen) atoms. The van der Waals surface area contributed by atoms with Gasteiger partial charge in [-0.25, -0.2) is 4.79 Å². The van der Waals surface area contributed by atoms with Crippen LogP contribution in [0.2, 0.25) is 0 Å². The highest BCUT2D eigenvalue weighted by Crippen LogP contribution is 2.27. The van der Waals surface area contributed by atoms with E-state index >= 15 is 0 Å². The number of aliphatic hydroxyl groups is 1. The maximum Gasteiger partial charge on any atom is 0.410 e. The quantitative estimate of drug-likeness (QED) is 0.720. The number of nitrogens with two attached hydrogens (primary N) is 1. The Bertz CT molecular complexity index is 288. The average molecular weight is 244 g/mol. The van der Waals surface area contributed by atoms with E-state index < -0.39 is 11.2 Å². The van der Waals surface area contributed by atoms with E-state index in [9.17, 15) is 9.90 Å². The first-order valence-corrected chi connectivity index (χ1v) is 6.08. The Balaban J connectivity index is 2.66. The number of carbonyl (C=O) groups is 1. The van der Waals surface area contributed by atoms with Gasteiger partial charge in [0.2, 0.25) is 0 Å². The Morgan fingerprint density at radius 1 is 1.59 bits per heavy atom. The second-order valence-corrected chi connectivity index (χ2v) is 5.90. The topological polar surface area (TPSA) is 75.8 Å². The fourth-order valence-corrected chi connectivity index (χ4v) is 1.93. The number of carbonyl (C=O) groups excluding carboxylic acids is 1. The SMILES string of the molecule is CC1CCN(C(=O)OC(C)(C)C)CC1(O)CN. The zero-order valence-electron chi connectivity index (χ0n) is 11.2. The summed E-state index contributed by atoms with van der Waals surface area (Å²) in [6, 6.07) is 0. The van der Waals surface area contributed by atoms with Crippen LogP contribution in [0.4, 0.5) is 4.79 Å². The van der Waals surface area contributed by atoms with Gasteiger partial charge in [-0.2, -0.15) is 0 Å². The summed E-state index contributed by atoms with van der Waals surface area (Å²) in [7, 11) is 0.